The first-order chi connectivity index (χ1) is 9.52. The average molecular weight is 271 g/mol. The van der Waals surface area contributed by atoms with E-state index in [1.807, 2.05) is 18.2 Å². The summed E-state index contributed by atoms with van der Waals surface area (Å²) in [5.74, 6) is 0. The van der Waals surface area contributed by atoms with Gasteiger partial charge in [0, 0.05) is 13.1 Å². The summed E-state index contributed by atoms with van der Waals surface area (Å²) in [6, 6.07) is 14.4. The van der Waals surface area contributed by atoms with Gasteiger partial charge >= 0.3 is 0 Å². The van der Waals surface area contributed by atoms with Gasteiger partial charge in [-0.15, -0.1) is 0 Å². The Bertz CT molecular complexity index is 562. The van der Waals surface area contributed by atoms with E-state index >= 15 is 0 Å². The summed E-state index contributed by atoms with van der Waals surface area (Å²) in [5, 5.41) is 16.1. The van der Waals surface area contributed by atoms with Crippen molar-refractivity contribution in [1.29, 1.82) is 0 Å². The third-order valence-electron chi connectivity index (χ3n) is 4.06. The van der Waals surface area contributed by atoms with Gasteiger partial charge in [0.2, 0.25) is 0 Å². The first-order valence-electron chi connectivity index (χ1n) is 7.39. The number of rotatable bonds is 6. The first-order valence-corrected chi connectivity index (χ1v) is 7.39. The molecule has 2 rings (SSSR count). The molecule has 0 radical (unpaired) electrons. The molecular formula is C18H25NO. The first kappa shape index (κ1) is 15.0. The lowest BCUT2D eigenvalue weighted by Gasteiger charge is -2.24. The number of nitrogens with one attached hydrogen (secondary N) is 1. The van der Waals surface area contributed by atoms with Gasteiger partial charge in [-0.1, -0.05) is 57.2 Å². The van der Waals surface area contributed by atoms with Crippen LogP contribution in [0.4, 0.5) is 0 Å². The highest BCUT2D eigenvalue weighted by atomic mass is 16.3. The molecule has 0 aliphatic heterocycles. The van der Waals surface area contributed by atoms with Gasteiger partial charge < -0.3 is 10.4 Å². The Morgan fingerprint density at radius 3 is 2.50 bits per heavy atom. The number of benzene rings is 2. The SMILES string of the molecule is CCC(C)(C)CNCC(O)c1ccc2ccccc2c1. The Morgan fingerprint density at radius 1 is 1.10 bits per heavy atom. The fraction of sp³-hybridized carbons (Fsp3) is 0.444. The number of hydrogen-bond donors (Lipinski definition) is 2. The molecule has 0 aliphatic carbocycles. The summed E-state index contributed by atoms with van der Waals surface area (Å²) < 4.78 is 0. The second-order valence-corrected chi connectivity index (χ2v) is 6.27. The van der Waals surface area contributed by atoms with Crippen LogP contribution in [0.2, 0.25) is 0 Å². The van der Waals surface area contributed by atoms with Gasteiger partial charge in [0.05, 0.1) is 6.10 Å². The van der Waals surface area contributed by atoms with Gasteiger partial charge in [-0.2, -0.15) is 0 Å². The summed E-state index contributed by atoms with van der Waals surface area (Å²) in [4.78, 5) is 0. The highest BCUT2D eigenvalue weighted by Gasteiger charge is 2.15. The summed E-state index contributed by atoms with van der Waals surface area (Å²) in [5.41, 5.74) is 1.26. The molecule has 0 amide bonds. The van der Waals surface area contributed by atoms with Gasteiger partial charge in [0.15, 0.2) is 0 Å². The van der Waals surface area contributed by atoms with Crippen LogP contribution in [0.25, 0.3) is 10.8 Å². The normalized spacial score (nSPS) is 13.6. The van der Waals surface area contributed by atoms with Crippen molar-refractivity contribution in [3.8, 4) is 0 Å². The van der Waals surface area contributed by atoms with Crippen molar-refractivity contribution in [3.05, 3.63) is 48.0 Å². The predicted octanol–water partition coefficient (Wildman–Crippen LogP) is 3.90. The summed E-state index contributed by atoms with van der Waals surface area (Å²) in [6.07, 6.45) is 0.679. The highest BCUT2D eigenvalue weighted by molar-refractivity contribution is 5.83. The monoisotopic (exact) mass is 271 g/mol. The van der Waals surface area contributed by atoms with Crippen molar-refractivity contribution < 1.29 is 5.11 Å². The molecule has 0 saturated heterocycles. The summed E-state index contributed by atoms with van der Waals surface area (Å²) >= 11 is 0. The molecule has 20 heavy (non-hydrogen) atoms. The minimum Gasteiger partial charge on any atom is -0.387 e. The molecule has 2 aromatic rings. The predicted molar refractivity (Wildman–Crippen MR) is 85.8 cm³/mol. The van der Waals surface area contributed by atoms with Crippen LogP contribution in [0.5, 0.6) is 0 Å². The van der Waals surface area contributed by atoms with Crippen molar-refractivity contribution in [2.45, 2.75) is 33.3 Å². The topological polar surface area (TPSA) is 32.3 Å². The standard InChI is InChI=1S/C18H25NO/c1-4-18(2,3)13-19-12-17(20)16-10-9-14-7-5-6-8-15(14)11-16/h5-11,17,19-20H,4,12-13H2,1-3H3. The maximum Gasteiger partial charge on any atom is 0.0914 e. The molecule has 2 heteroatoms. The quantitative estimate of drug-likeness (QED) is 0.835. The van der Waals surface area contributed by atoms with E-state index in [1.54, 1.807) is 0 Å². The Labute approximate surface area is 121 Å². The van der Waals surface area contributed by atoms with E-state index in [4.69, 9.17) is 0 Å². The zero-order valence-corrected chi connectivity index (χ0v) is 12.7. The maximum atomic E-state index is 10.3. The van der Waals surface area contributed by atoms with E-state index in [0.717, 1.165) is 18.5 Å². The van der Waals surface area contributed by atoms with E-state index in [2.05, 4.69) is 50.4 Å². The third-order valence-corrected chi connectivity index (χ3v) is 4.06. The van der Waals surface area contributed by atoms with Crippen molar-refractivity contribution in [1.82, 2.24) is 5.32 Å². The molecule has 108 valence electrons. The lowest BCUT2D eigenvalue weighted by atomic mass is 9.90. The molecule has 1 atom stereocenters. The Hall–Kier alpha value is -1.38. The van der Waals surface area contributed by atoms with E-state index in [0.29, 0.717) is 6.54 Å². The molecule has 0 heterocycles. The molecule has 0 bridgehead atoms. The number of aliphatic hydroxyl groups is 1. The average Bonchev–Trinajstić information content (AvgIpc) is 2.46. The zero-order valence-electron chi connectivity index (χ0n) is 12.7. The van der Waals surface area contributed by atoms with Crippen LogP contribution in [0.3, 0.4) is 0 Å². The van der Waals surface area contributed by atoms with Crippen molar-refractivity contribution in [2.24, 2.45) is 5.41 Å². The molecule has 2 N–H and O–H groups in total. The molecule has 2 nitrogen and oxygen atoms in total. The second-order valence-electron chi connectivity index (χ2n) is 6.27. The van der Waals surface area contributed by atoms with Crippen LogP contribution in [0.1, 0.15) is 38.9 Å². The minimum absolute atomic E-state index is 0.281. The van der Waals surface area contributed by atoms with Crippen molar-refractivity contribution >= 4 is 10.8 Å². The molecular weight excluding hydrogens is 246 g/mol. The van der Waals surface area contributed by atoms with E-state index in [-0.39, 0.29) is 5.41 Å². The Balaban J connectivity index is 1.99. The molecule has 0 fully saturated rings. The second kappa shape index (κ2) is 6.38. The van der Waals surface area contributed by atoms with Gasteiger partial charge in [-0.05, 0) is 34.2 Å². The molecule has 1 unspecified atom stereocenters. The van der Waals surface area contributed by atoms with E-state index in [1.165, 1.54) is 10.8 Å². The van der Waals surface area contributed by atoms with Gasteiger partial charge in [0.25, 0.3) is 0 Å². The number of aliphatic hydroxyl groups excluding tert-OH is 1. The largest absolute Gasteiger partial charge is 0.387 e. The molecule has 2 aromatic carbocycles. The minimum atomic E-state index is -0.452. The van der Waals surface area contributed by atoms with Crippen LogP contribution in [0.15, 0.2) is 42.5 Å². The maximum absolute atomic E-state index is 10.3. The molecule has 0 saturated carbocycles. The number of hydrogen-bond acceptors (Lipinski definition) is 2. The Morgan fingerprint density at radius 2 is 1.80 bits per heavy atom. The van der Waals surface area contributed by atoms with E-state index < -0.39 is 6.10 Å². The highest BCUT2D eigenvalue weighted by Crippen LogP contribution is 2.21. The number of fused-ring (bicyclic) bond motifs is 1. The van der Waals surface area contributed by atoms with Gasteiger partial charge in [-0.3, -0.25) is 0 Å². The van der Waals surface area contributed by atoms with Crippen LogP contribution < -0.4 is 5.32 Å². The third kappa shape index (κ3) is 3.81. The summed E-state index contributed by atoms with van der Waals surface area (Å²) in [7, 11) is 0. The lowest BCUT2D eigenvalue weighted by Crippen LogP contribution is -2.31. The zero-order chi connectivity index (χ0) is 14.6. The van der Waals surface area contributed by atoms with Gasteiger partial charge in [0.1, 0.15) is 0 Å². The fourth-order valence-corrected chi connectivity index (χ4v) is 2.21. The van der Waals surface area contributed by atoms with Crippen LogP contribution in [-0.2, 0) is 0 Å². The van der Waals surface area contributed by atoms with Crippen molar-refractivity contribution in [3.63, 3.8) is 0 Å². The summed E-state index contributed by atoms with van der Waals surface area (Å²) in [6.45, 7) is 8.20. The molecule has 0 aromatic heterocycles. The van der Waals surface area contributed by atoms with Crippen LogP contribution in [-0.4, -0.2) is 18.2 Å². The molecule has 0 aliphatic rings. The molecule has 0 spiro atoms. The smallest absolute Gasteiger partial charge is 0.0914 e. The van der Waals surface area contributed by atoms with Crippen LogP contribution >= 0.6 is 0 Å². The van der Waals surface area contributed by atoms with Gasteiger partial charge in [-0.25, -0.2) is 0 Å². The van der Waals surface area contributed by atoms with Crippen molar-refractivity contribution in [2.75, 3.05) is 13.1 Å². The van der Waals surface area contributed by atoms with E-state index in [9.17, 15) is 5.11 Å². The lowest BCUT2D eigenvalue weighted by molar-refractivity contribution is 0.168. The fourth-order valence-electron chi connectivity index (χ4n) is 2.21. The Kier molecular flexibility index (Phi) is 4.79. The van der Waals surface area contributed by atoms with Crippen LogP contribution in [0, 0.1) is 5.41 Å².